The van der Waals surface area contributed by atoms with Gasteiger partial charge in [0.1, 0.15) is 12.1 Å². The third kappa shape index (κ3) is 3.14. The van der Waals surface area contributed by atoms with Crippen molar-refractivity contribution in [2.24, 2.45) is 5.73 Å². The molecule has 3 rings (SSSR count). The summed E-state index contributed by atoms with van der Waals surface area (Å²) in [7, 11) is 0. The fourth-order valence-corrected chi connectivity index (χ4v) is 2.88. The van der Waals surface area contributed by atoms with Crippen LogP contribution in [0.5, 0.6) is 0 Å². The predicted molar refractivity (Wildman–Crippen MR) is 82.5 cm³/mol. The maximum Gasteiger partial charge on any atom is 0.254 e. The first-order chi connectivity index (χ1) is 10.3. The van der Waals surface area contributed by atoms with Crippen LogP contribution in [-0.4, -0.2) is 63.8 Å². The van der Waals surface area contributed by atoms with Crippen LogP contribution in [-0.2, 0) is 0 Å². The van der Waals surface area contributed by atoms with Crippen molar-refractivity contribution >= 4 is 11.6 Å². The molecule has 0 aliphatic carbocycles. The molecule has 21 heavy (non-hydrogen) atoms. The highest BCUT2D eigenvalue weighted by molar-refractivity contribution is 5.47. The maximum atomic E-state index is 5.61. The highest BCUT2D eigenvalue weighted by Crippen LogP contribution is 2.18. The molecule has 0 bridgehead atoms. The average molecular weight is 289 g/mol. The van der Waals surface area contributed by atoms with E-state index in [4.69, 9.17) is 5.73 Å². The fourth-order valence-electron chi connectivity index (χ4n) is 2.88. The number of nitrogens with two attached hydrogens (primary N) is 1. The van der Waals surface area contributed by atoms with Crippen molar-refractivity contribution in [2.75, 3.05) is 44.2 Å². The van der Waals surface area contributed by atoms with Gasteiger partial charge in [0.05, 0.1) is 0 Å². The summed E-state index contributed by atoms with van der Waals surface area (Å²) in [6.45, 7) is 8.12. The number of aryl methyl sites for hydroxylation is 1. The Morgan fingerprint density at radius 2 is 2.14 bits per heavy atom. The number of anilines is 1. The van der Waals surface area contributed by atoms with Gasteiger partial charge in [-0.05, 0) is 39.4 Å². The van der Waals surface area contributed by atoms with E-state index in [0.29, 0.717) is 5.78 Å². The van der Waals surface area contributed by atoms with Gasteiger partial charge in [0.2, 0.25) is 0 Å². The predicted octanol–water partition coefficient (Wildman–Crippen LogP) is 0.294. The minimum Gasteiger partial charge on any atom is -0.355 e. The number of rotatable bonds is 4. The van der Waals surface area contributed by atoms with E-state index in [2.05, 4.69) is 30.9 Å². The summed E-state index contributed by atoms with van der Waals surface area (Å²) in [4.78, 5) is 13.5. The van der Waals surface area contributed by atoms with Gasteiger partial charge in [-0.2, -0.15) is 14.6 Å². The molecule has 1 aliphatic rings. The number of hydrogen-bond acceptors (Lipinski definition) is 6. The largest absolute Gasteiger partial charge is 0.355 e. The first kappa shape index (κ1) is 14.2. The van der Waals surface area contributed by atoms with Gasteiger partial charge in [-0.1, -0.05) is 0 Å². The third-order valence-electron chi connectivity index (χ3n) is 3.95. The number of fused-ring (bicyclic) bond motifs is 1. The molecule has 0 amide bonds. The zero-order chi connectivity index (χ0) is 14.7. The van der Waals surface area contributed by atoms with Crippen LogP contribution in [0.15, 0.2) is 12.4 Å². The molecule has 0 unspecified atom stereocenters. The number of nitrogens with zero attached hydrogens (tertiary/aromatic N) is 6. The van der Waals surface area contributed by atoms with Gasteiger partial charge >= 0.3 is 0 Å². The Labute approximate surface area is 124 Å². The molecule has 0 atom stereocenters. The van der Waals surface area contributed by atoms with Crippen molar-refractivity contribution in [1.29, 1.82) is 0 Å². The van der Waals surface area contributed by atoms with Gasteiger partial charge in [0, 0.05) is 31.4 Å². The Bertz CT molecular complexity index is 594. The molecule has 1 aliphatic heterocycles. The highest BCUT2D eigenvalue weighted by Gasteiger charge is 2.18. The van der Waals surface area contributed by atoms with Crippen LogP contribution in [0.3, 0.4) is 0 Å². The molecule has 0 radical (unpaired) electrons. The van der Waals surface area contributed by atoms with Crippen LogP contribution >= 0.6 is 0 Å². The summed E-state index contributed by atoms with van der Waals surface area (Å²) in [6, 6.07) is 2.09. The molecule has 7 nitrogen and oxygen atoms in total. The second-order valence-corrected chi connectivity index (χ2v) is 5.55. The van der Waals surface area contributed by atoms with Gasteiger partial charge in [0.25, 0.3) is 5.78 Å². The van der Waals surface area contributed by atoms with E-state index in [0.717, 1.165) is 63.6 Å². The third-order valence-corrected chi connectivity index (χ3v) is 3.95. The van der Waals surface area contributed by atoms with Crippen LogP contribution in [0.4, 0.5) is 5.82 Å². The molecule has 1 fully saturated rings. The summed E-state index contributed by atoms with van der Waals surface area (Å²) in [6.07, 6.45) is 3.79. The van der Waals surface area contributed by atoms with Crippen molar-refractivity contribution in [3.05, 3.63) is 18.1 Å². The monoisotopic (exact) mass is 289 g/mol. The molecule has 0 aromatic carbocycles. The Morgan fingerprint density at radius 1 is 1.24 bits per heavy atom. The van der Waals surface area contributed by atoms with E-state index in [1.165, 1.54) is 0 Å². The molecular formula is C14H23N7. The van der Waals surface area contributed by atoms with Crippen LogP contribution in [0.2, 0.25) is 0 Å². The smallest absolute Gasteiger partial charge is 0.254 e. The minimum atomic E-state index is 0.675. The van der Waals surface area contributed by atoms with Crippen molar-refractivity contribution in [1.82, 2.24) is 24.5 Å². The van der Waals surface area contributed by atoms with Gasteiger partial charge in [-0.15, -0.1) is 0 Å². The van der Waals surface area contributed by atoms with E-state index in [9.17, 15) is 0 Å². The Kier molecular flexibility index (Phi) is 4.31. The molecule has 2 aromatic rings. The quantitative estimate of drug-likeness (QED) is 0.872. The second-order valence-electron chi connectivity index (χ2n) is 5.55. The Morgan fingerprint density at radius 3 is 3.00 bits per heavy atom. The van der Waals surface area contributed by atoms with Gasteiger partial charge in [-0.25, -0.2) is 4.98 Å². The van der Waals surface area contributed by atoms with Crippen LogP contribution in [0.1, 0.15) is 18.5 Å². The standard InChI is InChI=1S/C14H23N7/c1-12-10-13(21-14(18-12)16-11-17-21)20-7-3-6-19(8-9-20)5-2-4-15/h10-11H,2-9,15H2,1H3. The number of aromatic nitrogens is 4. The molecule has 1 saturated heterocycles. The summed E-state index contributed by atoms with van der Waals surface area (Å²) >= 11 is 0. The molecule has 2 N–H and O–H groups in total. The fraction of sp³-hybridized carbons (Fsp3) is 0.643. The zero-order valence-electron chi connectivity index (χ0n) is 12.6. The topological polar surface area (TPSA) is 75.6 Å². The minimum absolute atomic E-state index is 0.675. The zero-order valence-corrected chi connectivity index (χ0v) is 12.6. The first-order valence-electron chi connectivity index (χ1n) is 7.62. The van der Waals surface area contributed by atoms with Crippen molar-refractivity contribution in [3.63, 3.8) is 0 Å². The molecule has 114 valence electrons. The van der Waals surface area contributed by atoms with Crippen LogP contribution < -0.4 is 10.6 Å². The van der Waals surface area contributed by atoms with Gasteiger partial charge in [-0.3, -0.25) is 0 Å². The second kappa shape index (κ2) is 6.36. The lowest BCUT2D eigenvalue weighted by molar-refractivity contribution is 0.291. The Hall–Kier alpha value is -1.73. The molecule has 3 heterocycles. The van der Waals surface area contributed by atoms with E-state index in [-0.39, 0.29) is 0 Å². The van der Waals surface area contributed by atoms with Crippen molar-refractivity contribution in [2.45, 2.75) is 19.8 Å². The summed E-state index contributed by atoms with van der Waals surface area (Å²) < 4.78 is 1.84. The van der Waals surface area contributed by atoms with E-state index >= 15 is 0 Å². The van der Waals surface area contributed by atoms with Crippen LogP contribution in [0, 0.1) is 6.92 Å². The highest BCUT2D eigenvalue weighted by atomic mass is 15.4. The first-order valence-corrected chi connectivity index (χ1v) is 7.62. The summed E-state index contributed by atoms with van der Waals surface area (Å²) in [5, 5.41) is 4.31. The summed E-state index contributed by atoms with van der Waals surface area (Å²) in [5.74, 6) is 1.77. The maximum absolute atomic E-state index is 5.61. The van der Waals surface area contributed by atoms with Crippen LogP contribution in [0.25, 0.3) is 5.78 Å². The molecule has 0 spiro atoms. The van der Waals surface area contributed by atoms with Crippen molar-refractivity contribution < 1.29 is 0 Å². The SMILES string of the molecule is Cc1cc(N2CCCN(CCCN)CC2)n2ncnc2n1. The molecular weight excluding hydrogens is 266 g/mol. The lowest BCUT2D eigenvalue weighted by Gasteiger charge is -2.24. The molecule has 2 aromatic heterocycles. The molecule has 7 heteroatoms. The van der Waals surface area contributed by atoms with E-state index < -0.39 is 0 Å². The van der Waals surface area contributed by atoms with E-state index in [1.807, 2.05) is 11.4 Å². The van der Waals surface area contributed by atoms with Crippen molar-refractivity contribution in [3.8, 4) is 0 Å². The average Bonchev–Trinajstić information content (AvgIpc) is 2.81. The lowest BCUT2D eigenvalue weighted by atomic mass is 10.3. The van der Waals surface area contributed by atoms with Gasteiger partial charge < -0.3 is 15.5 Å². The molecule has 0 saturated carbocycles. The summed E-state index contributed by atoms with van der Waals surface area (Å²) in [5.41, 5.74) is 6.59. The number of hydrogen-bond donors (Lipinski definition) is 1. The van der Waals surface area contributed by atoms with E-state index in [1.54, 1.807) is 6.33 Å². The normalized spacial score (nSPS) is 17.3. The van der Waals surface area contributed by atoms with Gasteiger partial charge in [0.15, 0.2) is 0 Å². The Balaban J connectivity index is 1.78. The lowest BCUT2D eigenvalue weighted by Crippen LogP contribution is -2.33.